The fourth-order valence-electron chi connectivity index (χ4n) is 3.39. The lowest BCUT2D eigenvalue weighted by molar-refractivity contribution is 0.119. The Hall–Kier alpha value is -0.260. The van der Waals surface area contributed by atoms with Gasteiger partial charge in [-0.3, -0.25) is 9.89 Å². The average Bonchev–Trinajstić information content (AvgIpc) is 2.87. The van der Waals surface area contributed by atoms with Crippen LogP contribution in [0.5, 0.6) is 0 Å². The lowest BCUT2D eigenvalue weighted by atomic mass is 10.1. The monoisotopic (exact) mass is 282 g/mol. The molecular weight excluding hydrogens is 256 g/mol. The van der Waals surface area contributed by atoms with Crippen molar-refractivity contribution in [3.63, 3.8) is 0 Å². The zero-order chi connectivity index (χ0) is 13.2. The van der Waals surface area contributed by atoms with Gasteiger partial charge < -0.3 is 10.2 Å². The molecule has 108 valence electrons. The highest BCUT2D eigenvalue weighted by atomic mass is 32.2. The van der Waals surface area contributed by atoms with E-state index >= 15 is 0 Å². The molecule has 19 heavy (non-hydrogen) atoms. The molecule has 2 aliphatic heterocycles. The van der Waals surface area contributed by atoms with E-state index < -0.39 is 0 Å². The molecule has 0 aromatic heterocycles. The molecule has 2 heterocycles. The Morgan fingerprint density at radius 1 is 1.32 bits per heavy atom. The number of nitrogens with zero attached hydrogens (tertiary/aromatic N) is 3. The molecule has 0 radical (unpaired) electrons. The highest BCUT2D eigenvalue weighted by Crippen LogP contribution is 2.32. The molecule has 0 amide bonds. The molecule has 3 atom stereocenters. The van der Waals surface area contributed by atoms with Crippen molar-refractivity contribution in [1.82, 2.24) is 15.1 Å². The van der Waals surface area contributed by atoms with Gasteiger partial charge in [-0.05, 0) is 32.9 Å². The van der Waals surface area contributed by atoms with Gasteiger partial charge in [0.1, 0.15) is 0 Å². The number of hydrogen-bond acceptors (Lipinski definition) is 4. The van der Waals surface area contributed by atoms with Crippen molar-refractivity contribution in [3.8, 4) is 0 Å². The van der Waals surface area contributed by atoms with Crippen LogP contribution in [0, 0.1) is 5.92 Å². The highest BCUT2D eigenvalue weighted by molar-refractivity contribution is 8.13. The van der Waals surface area contributed by atoms with Crippen LogP contribution in [0.3, 0.4) is 0 Å². The molecule has 5 heteroatoms. The third-order valence-electron chi connectivity index (χ3n) is 4.83. The van der Waals surface area contributed by atoms with Gasteiger partial charge in [0.05, 0.1) is 6.54 Å². The third kappa shape index (κ3) is 3.26. The SMILES string of the molecule is CN1CCN(C)C(CN=C2NC3CCCC3CS2)C1. The van der Waals surface area contributed by atoms with E-state index in [1.807, 2.05) is 11.8 Å². The fraction of sp³-hybridized carbons (Fsp3) is 0.929. The van der Waals surface area contributed by atoms with Crippen LogP contribution in [0.4, 0.5) is 0 Å². The van der Waals surface area contributed by atoms with E-state index in [0.717, 1.165) is 25.6 Å². The minimum absolute atomic E-state index is 0.579. The molecule has 0 aromatic carbocycles. The maximum Gasteiger partial charge on any atom is 0.156 e. The Labute approximate surface area is 121 Å². The van der Waals surface area contributed by atoms with Crippen molar-refractivity contribution in [2.45, 2.75) is 31.3 Å². The summed E-state index contributed by atoms with van der Waals surface area (Å²) in [5, 5.41) is 4.86. The van der Waals surface area contributed by atoms with Gasteiger partial charge in [0.2, 0.25) is 0 Å². The Morgan fingerprint density at radius 3 is 3.11 bits per heavy atom. The van der Waals surface area contributed by atoms with Crippen molar-refractivity contribution in [2.75, 3.05) is 46.0 Å². The maximum atomic E-state index is 4.85. The van der Waals surface area contributed by atoms with Crippen LogP contribution in [0.25, 0.3) is 0 Å². The summed E-state index contributed by atoms with van der Waals surface area (Å²) in [6, 6.07) is 1.29. The van der Waals surface area contributed by atoms with Crippen LogP contribution in [-0.4, -0.2) is 73.1 Å². The Kier molecular flexibility index (Phi) is 4.34. The van der Waals surface area contributed by atoms with Gasteiger partial charge in [-0.1, -0.05) is 18.2 Å². The summed E-state index contributed by atoms with van der Waals surface area (Å²) in [7, 11) is 4.44. The lowest BCUT2D eigenvalue weighted by Crippen LogP contribution is -2.51. The van der Waals surface area contributed by atoms with Crippen LogP contribution < -0.4 is 5.32 Å². The molecule has 3 aliphatic rings. The van der Waals surface area contributed by atoms with E-state index in [2.05, 4.69) is 29.2 Å². The van der Waals surface area contributed by atoms with Crippen LogP contribution in [-0.2, 0) is 0 Å². The summed E-state index contributed by atoms with van der Waals surface area (Å²) < 4.78 is 0. The summed E-state index contributed by atoms with van der Waals surface area (Å²) in [6.45, 7) is 4.43. The molecule has 3 unspecified atom stereocenters. The van der Waals surface area contributed by atoms with Crippen molar-refractivity contribution in [3.05, 3.63) is 0 Å². The molecule has 0 aromatic rings. The molecule has 2 saturated heterocycles. The largest absolute Gasteiger partial charge is 0.362 e. The first-order valence-corrected chi connectivity index (χ1v) is 8.53. The molecule has 1 saturated carbocycles. The first-order chi connectivity index (χ1) is 9.22. The van der Waals surface area contributed by atoms with Gasteiger partial charge in [0.25, 0.3) is 0 Å². The van der Waals surface area contributed by atoms with Gasteiger partial charge in [-0.2, -0.15) is 0 Å². The van der Waals surface area contributed by atoms with E-state index in [9.17, 15) is 0 Å². The number of hydrogen-bond donors (Lipinski definition) is 1. The number of rotatable bonds is 2. The summed E-state index contributed by atoms with van der Waals surface area (Å²) in [5.74, 6) is 2.17. The van der Waals surface area contributed by atoms with Crippen molar-refractivity contribution >= 4 is 16.9 Å². The van der Waals surface area contributed by atoms with Gasteiger partial charge in [0, 0.05) is 37.5 Å². The standard InChI is InChI=1S/C14H26N4S/c1-17-6-7-18(2)12(9-17)8-15-14-16-13-5-3-4-11(13)10-19-14/h11-13H,3-10H2,1-2H3,(H,15,16). The summed E-state index contributed by atoms with van der Waals surface area (Å²) >= 11 is 1.94. The normalized spacial score (nSPS) is 39.3. The zero-order valence-electron chi connectivity index (χ0n) is 12.1. The first kappa shape index (κ1) is 13.7. The van der Waals surface area contributed by atoms with E-state index in [1.165, 1.54) is 36.7 Å². The minimum atomic E-state index is 0.579. The van der Waals surface area contributed by atoms with Gasteiger partial charge >= 0.3 is 0 Å². The molecule has 0 spiro atoms. The van der Waals surface area contributed by atoms with E-state index in [-0.39, 0.29) is 0 Å². The number of aliphatic imine (C=N–C) groups is 1. The number of thioether (sulfide) groups is 1. The van der Waals surface area contributed by atoms with Crippen LogP contribution >= 0.6 is 11.8 Å². The van der Waals surface area contributed by atoms with Gasteiger partial charge in [0.15, 0.2) is 5.17 Å². The van der Waals surface area contributed by atoms with E-state index in [0.29, 0.717) is 12.1 Å². The fourth-order valence-corrected chi connectivity index (χ4v) is 4.56. The second-order valence-electron chi connectivity index (χ2n) is 6.30. The Morgan fingerprint density at radius 2 is 2.21 bits per heavy atom. The Bertz CT molecular complexity index is 346. The minimum Gasteiger partial charge on any atom is -0.362 e. The quantitative estimate of drug-likeness (QED) is 0.821. The number of piperazine rings is 1. The van der Waals surface area contributed by atoms with Crippen molar-refractivity contribution in [2.24, 2.45) is 10.9 Å². The van der Waals surface area contributed by atoms with E-state index in [1.54, 1.807) is 0 Å². The zero-order valence-corrected chi connectivity index (χ0v) is 13.0. The van der Waals surface area contributed by atoms with Crippen molar-refractivity contribution < 1.29 is 0 Å². The molecule has 1 N–H and O–H groups in total. The number of likely N-dealkylation sites (N-methyl/N-ethyl adjacent to an activating group) is 2. The summed E-state index contributed by atoms with van der Waals surface area (Å²) in [4.78, 5) is 9.72. The maximum absolute atomic E-state index is 4.85. The smallest absolute Gasteiger partial charge is 0.156 e. The summed E-state index contributed by atoms with van der Waals surface area (Å²) in [6.07, 6.45) is 4.15. The van der Waals surface area contributed by atoms with Gasteiger partial charge in [-0.15, -0.1) is 0 Å². The first-order valence-electron chi connectivity index (χ1n) is 7.55. The lowest BCUT2D eigenvalue weighted by Gasteiger charge is -2.37. The van der Waals surface area contributed by atoms with Crippen LogP contribution in [0.2, 0.25) is 0 Å². The topological polar surface area (TPSA) is 30.9 Å². The van der Waals surface area contributed by atoms with Gasteiger partial charge in [-0.25, -0.2) is 0 Å². The predicted octanol–water partition coefficient (Wildman–Crippen LogP) is 1.09. The van der Waals surface area contributed by atoms with E-state index in [4.69, 9.17) is 4.99 Å². The number of amidine groups is 1. The van der Waals surface area contributed by atoms with Crippen LogP contribution in [0.15, 0.2) is 4.99 Å². The number of nitrogens with one attached hydrogen (secondary N) is 1. The predicted molar refractivity (Wildman–Crippen MR) is 82.9 cm³/mol. The molecule has 4 nitrogen and oxygen atoms in total. The third-order valence-corrected chi connectivity index (χ3v) is 5.94. The van der Waals surface area contributed by atoms with Crippen molar-refractivity contribution in [1.29, 1.82) is 0 Å². The van der Waals surface area contributed by atoms with Crippen LogP contribution in [0.1, 0.15) is 19.3 Å². The molecule has 1 aliphatic carbocycles. The molecule has 0 bridgehead atoms. The molecule has 3 rings (SSSR count). The second-order valence-corrected chi connectivity index (χ2v) is 7.30. The molecular formula is C14H26N4S. The Balaban J connectivity index is 1.54. The molecule has 3 fully saturated rings. The highest BCUT2D eigenvalue weighted by Gasteiger charge is 2.32. The number of fused-ring (bicyclic) bond motifs is 1. The second kappa shape index (κ2) is 6.02. The summed E-state index contributed by atoms with van der Waals surface area (Å²) in [5.41, 5.74) is 0. The average molecular weight is 282 g/mol.